The predicted molar refractivity (Wildman–Crippen MR) is 76.6 cm³/mol. The Bertz CT molecular complexity index is 452. The fraction of sp³-hybridized carbons (Fsp3) is 0.600. The van der Waals surface area contributed by atoms with Crippen molar-refractivity contribution in [2.24, 2.45) is 0 Å². The highest BCUT2D eigenvalue weighted by Crippen LogP contribution is 2.36. The Labute approximate surface area is 119 Å². The predicted octanol–water partition coefficient (Wildman–Crippen LogP) is 1.72. The van der Waals surface area contributed by atoms with E-state index in [0.717, 1.165) is 30.6 Å². The molecule has 1 aliphatic carbocycles. The van der Waals surface area contributed by atoms with Gasteiger partial charge in [0.25, 0.3) is 0 Å². The van der Waals surface area contributed by atoms with E-state index in [-0.39, 0.29) is 12.1 Å². The van der Waals surface area contributed by atoms with Gasteiger partial charge < -0.3 is 24.6 Å². The largest absolute Gasteiger partial charge is 0.496 e. The molecule has 0 aliphatic heterocycles. The number of ether oxygens (including phenoxy) is 3. The molecule has 0 aromatic heterocycles. The second-order valence-electron chi connectivity index (χ2n) is 5.16. The number of aliphatic hydroxyl groups is 1. The van der Waals surface area contributed by atoms with Crippen molar-refractivity contribution in [2.75, 3.05) is 27.9 Å². The Balaban J connectivity index is 2.17. The Kier molecular flexibility index (Phi) is 4.73. The molecule has 5 nitrogen and oxygen atoms in total. The second-order valence-corrected chi connectivity index (χ2v) is 5.16. The van der Waals surface area contributed by atoms with Gasteiger partial charge in [-0.1, -0.05) is 0 Å². The van der Waals surface area contributed by atoms with Crippen LogP contribution in [0.15, 0.2) is 12.1 Å². The minimum Gasteiger partial charge on any atom is -0.496 e. The van der Waals surface area contributed by atoms with Crippen LogP contribution in [0.25, 0.3) is 0 Å². The van der Waals surface area contributed by atoms with Crippen molar-refractivity contribution in [1.82, 2.24) is 5.32 Å². The topological polar surface area (TPSA) is 60.0 Å². The molecule has 0 saturated heterocycles. The molecule has 1 aromatic carbocycles. The van der Waals surface area contributed by atoms with Gasteiger partial charge in [0.05, 0.1) is 27.9 Å². The Morgan fingerprint density at radius 3 is 2.10 bits per heavy atom. The third-order valence-corrected chi connectivity index (χ3v) is 4.05. The minimum atomic E-state index is -0.127. The van der Waals surface area contributed by atoms with Gasteiger partial charge in [0.1, 0.15) is 5.75 Å². The molecule has 0 heterocycles. The lowest BCUT2D eigenvalue weighted by atomic mass is 9.77. The first-order valence-electron chi connectivity index (χ1n) is 6.83. The lowest BCUT2D eigenvalue weighted by Crippen LogP contribution is -2.53. The van der Waals surface area contributed by atoms with E-state index in [9.17, 15) is 5.11 Å². The highest BCUT2D eigenvalue weighted by molar-refractivity contribution is 5.50. The summed E-state index contributed by atoms with van der Waals surface area (Å²) < 4.78 is 16.0. The highest BCUT2D eigenvalue weighted by Gasteiger charge is 2.35. The van der Waals surface area contributed by atoms with Crippen LogP contribution in [0.5, 0.6) is 17.2 Å². The maximum Gasteiger partial charge on any atom is 0.164 e. The van der Waals surface area contributed by atoms with Crippen molar-refractivity contribution in [2.45, 2.75) is 31.3 Å². The van der Waals surface area contributed by atoms with Gasteiger partial charge >= 0.3 is 0 Å². The summed E-state index contributed by atoms with van der Waals surface area (Å²) in [6.07, 6.45) is 3.19. The standard InChI is InChI=1S/C15H23NO4/c1-18-12-8-14(20-3)13(19-2)7-11(12)9-16-15(10-17)5-4-6-15/h7-8,16-17H,4-6,9-10H2,1-3H3. The molecule has 1 aromatic rings. The number of methoxy groups -OCH3 is 3. The molecular weight excluding hydrogens is 258 g/mol. The molecule has 0 radical (unpaired) electrons. The van der Waals surface area contributed by atoms with Gasteiger partial charge in [0.2, 0.25) is 0 Å². The molecule has 0 amide bonds. The zero-order valence-electron chi connectivity index (χ0n) is 12.4. The molecule has 0 atom stereocenters. The summed E-state index contributed by atoms with van der Waals surface area (Å²) in [5.74, 6) is 2.08. The van der Waals surface area contributed by atoms with Crippen LogP contribution in [-0.4, -0.2) is 38.6 Å². The molecule has 20 heavy (non-hydrogen) atoms. The fourth-order valence-electron chi connectivity index (χ4n) is 2.51. The van der Waals surface area contributed by atoms with E-state index in [0.29, 0.717) is 18.0 Å². The van der Waals surface area contributed by atoms with Crippen LogP contribution in [0.3, 0.4) is 0 Å². The van der Waals surface area contributed by atoms with Crippen molar-refractivity contribution < 1.29 is 19.3 Å². The normalized spacial score (nSPS) is 16.4. The number of rotatable bonds is 7. The summed E-state index contributed by atoms with van der Waals surface area (Å²) in [5, 5.41) is 12.9. The molecular formula is C15H23NO4. The summed E-state index contributed by atoms with van der Waals surface area (Å²) in [6, 6.07) is 3.73. The lowest BCUT2D eigenvalue weighted by molar-refractivity contribution is 0.0869. The summed E-state index contributed by atoms with van der Waals surface area (Å²) in [5.41, 5.74) is 0.864. The lowest BCUT2D eigenvalue weighted by Gasteiger charge is -2.41. The first-order chi connectivity index (χ1) is 9.68. The van der Waals surface area contributed by atoms with Crippen LogP contribution >= 0.6 is 0 Å². The van der Waals surface area contributed by atoms with Crippen LogP contribution in [0, 0.1) is 0 Å². The SMILES string of the molecule is COc1cc(OC)c(OC)cc1CNC1(CO)CCC1. The number of hydrogen-bond acceptors (Lipinski definition) is 5. The third kappa shape index (κ3) is 2.83. The summed E-state index contributed by atoms with van der Waals surface area (Å²) in [7, 11) is 4.85. The maximum atomic E-state index is 9.49. The molecule has 0 unspecified atom stereocenters. The summed E-state index contributed by atoms with van der Waals surface area (Å²) in [6.45, 7) is 0.798. The zero-order valence-corrected chi connectivity index (χ0v) is 12.4. The van der Waals surface area contributed by atoms with Gasteiger partial charge in [-0.3, -0.25) is 0 Å². The van der Waals surface area contributed by atoms with Gasteiger partial charge in [0.15, 0.2) is 11.5 Å². The van der Waals surface area contributed by atoms with Gasteiger partial charge in [-0.25, -0.2) is 0 Å². The van der Waals surface area contributed by atoms with Crippen molar-refractivity contribution in [3.05, 3.63) is 17.7 Å². The van der Waals surface area contributed by atoms with Crippen LogP contribution in [0.2, 0.25) is 0 Å². The van der Waals surface area contributed by atoms with Crippen molar-refractivity contribution >= 4 is 0 Å². The van der Waals surface area contributed by atoms with Crippen LogP contribution < -0.4 is 19.5 Å². The first-order valence-corrected chi connectivity index (χ1v) is 6.83. The van der Waals surface area contributed by atoms with Gasteiger partial charge in [-0.05, 0) is 25.3 Å². The molecule has 2 rings (SSSR count). The molecule has 1 fully saturated rings. The molecule has 0 bridgehead atoms. The van der Waals surface area contributed by atoms with Gasteiger partial charge in [0, 0.05) is 23.7 Å². The van der Waals surface area contributed by atoms with Crippen molar-refractivity contribution in [3.63, 3.8) is 0 Å². The van der Waals surface area contributed by atoms with E-state index in [1.165, 1.54) is 0 Å². The van der Waals surface area contributed by atoms with E-state index in [1.807, 2.05) is 12.1 Å². The minimum absolute atomic E-state index is 0.127. The maximum absolute atomic E-state index is 9.49. The number of benzene rings is 1. The molecule has 1 saturated carbocycles. The van der Waals surface area contributed by atoms with Crippen molar-refractivity contribution in [1.29, 1.82) is 0 Å². The van der Waals surface area contributed by atoms with Crippen LogP contribution in [-0.2, 0) is 6.54 Å². The summed E-state index contributed by atoms with van der Waals surface area (Å²) in [4.78, 5) is 0. The third-order valence-electron chi connectivity index (χ3n) is 4.05. The molecule has 5 heteroatoms. The smallest absolute Gasteiger partial charge is 0.164 e. The van der Waals surface area contributed by atoms with Crippen LogP contribution in [0.4, 0.5) is 0 Å². The Morgan fingerprint density at radius 1 is 1.05 bits per heavy atom. The van der Waals surface area contributed by atoms with Crippen molar-refractivity contribution in [3.8, 4) is 17.2 Å². The average Bonchev–Trinajstić information content (AvgIpc) is 2.45. The average molecular weight is 281 g/mol. The quantitative estimate of drug-likeness (QED) is 0.797. The molecule has 2 N–H and O–H groups in total. The number of aliphatic hydroxyl groups excluding tert-OH is 1. The van der Waals surface area contributed by atoms with E-state index in [1.54, 1.807) is 21.3 Å². The number of hydrogen-bond donors (Lipinski definition) is 2. The molecule has 112 valence electrons. The van der Waals surface area contributed by atoms with Gasteiger partial charge in [-0.2, -0.15) is 0 Å². The van der Waals surface area contributed by atoms with E-state index in [4.69, 9.17) is 14.2 Å². The van der Waals surface area contributed by atoms with E-state index in [2.05, 4.69) is 5.32 Å². The summed E-state index contributed by atoms with van der Waals surface area (Å²) >= 11 is 0. The zero-order chi connectivity index (χ0) is 14.6. The second kappa shape index (κ2) is 6.33. The van der Waals surface area contributed by atoms with Crippen LogP contribution in [0.1, 0.15) is 24.8 Å². The highest BCUT2D eigenvalue weighted by atomic mass is 16.5. The first kappa shape index (κ1) is 14.9. The van der Waals surface area contributed by atoms with E-state index >= 15 is 0 Å². The Morgan fingerprint density at radius 2 is 1.65 bits per heavy atom. The van der Waals surface area contributed by atoms with Gasteiger partial charge in [-0.15, -0.1) is 0 Å². The van der Waals surface area contributed by atoms with E-state index < -0.39 is 0 Å². The molecule has 1 aliphatic rings. The fourth-order valence-corrected chi connectivity index (χ4v) is 2.51. The molecule has 0 spiro atoms. The Hall–Kier alpha value is -1.46. The monoisotopic (exact) mass is 281 g/mol. The number of nitrogens with one attached hydrogen (secondary N) is 1.